The lowest BCUT2D eigenvalue weighted by atomic mass is 10.0. The Bertz CT molecular complexity index is 590. The summed E-state index contributed by atoms with van der Waals surface area (Å²) in [6, 6.07) is 8.07. The number of aryl methyl sites for hydroxylation is 1. The first-order valence-corrected chi connectivity index (χ1v) is 6.74. The van der Waals surface area contributed by atoms with E-state index in [0.29, 0.717) is 10.9 Å². The van der Waals surface area contributed by atoms with Crippen molar-refractivity contribution in [2.45, 2.75) is 29.7 Å². The molecule has 0 saturated heterocycles. The third-order valence-electron chi connectivity index (χ3n) is 2.80. The van der Waals surface area contributed by atoms with E-state index >= 15 is 0 Å². The fourth-order valence-electron chi connectivity index (χ4n) is 1.68. The second kappa shape index (κ2) is 5.44. The molecule has 0 unspecified atom stereocenters. The predicted octanol–water partition coefficient (Wildman–Crippen LogP) is 3.60. The third-order valence-corrected chi connectivity index (χ3v) is 3.97. The standard InChI is InChI=1S/C13H15N3O2S/c1-9(2)10-4-6-11(7-5-10)19-13-12(16(17)18)14-8-15(13)3/h4-9H,1-3H3. The van der Waals surface area contributed by atoms with Crippen LogP contribution in [0.3, 0.4) is 0 Å². The van der Waals surface area contributed by atoms with Crippen LogP contribution in [0, 0.1) is 10.1 Å². The highest BCUT2D eigenvalue weighted by molar-refractivity contribution is 7.99. The fourth-order valence-corrected chi connectivity index (χ4v) is 2.59. The van der Waals surface area contributed by atoms with E-state index in [2.05, 4.69) is 31.0 Å². The van der Waals surface area contributed by atoms with Gasteiger partial charge in [-0.1, -0.05) is 37.7 Å². The highest BCUT2D eigenvalue weighted by Gasteiger charge is 2.20. The van der Waals surface area contributed by atoms with Crippen LogP contribution in [0.5, 0.6) is 0 Å². The van der Waals surface area contributed by atoms with E-state index in [-0.39, 0.29) is 5.82 Å². The molecule has 2 rings (SSSR count). The van der Waals surface area contributed by atoms with E-state index in [4.69, 9.17) is 0 Å². The van der Waals surface area contributed by atoms with Crippen molar-refractivity contribution in [3.8, 4) is 0 Å². The number of rotatable bonds is 4. The minimum absolute atomic E-state index is 0.0968. The van der Waals surface area contributed by atoms with Gasteiger partial charge in [0.2, 0.25) is 6.33 Å². The van der Waals surface area contributed by atoms with Gasteiger partial charge >= 0.3 is 5.82 Å². The quantitative estimate of drug-likeness (QED) is 0.632. The first kappa shape index (κ1) is 13.6. The van der Waals surface area contributed by atoms with Gasteiger partial charge < -0.3 is 14.7 Å². The SMILES string of the molecule is CC(C)c1ccc(Sc2c([N+](=O)[O-])ncn2C)cc1. The normalized spacial score (nSPS) is 10.9. The molecule has 19 heavy (non-hydrogen) atoms. The molecule has 0 aliphatic carbocycles. The van der Waals surface area contributed by atoms with Crippen LogP contribution in [0.1, 0.15) is 25.3 Å². The largest absolute Gasteiger partial charge is 0.396 e. The van der Waals surface area contributed by atoms with Gasteiger partial charge in [-0.25, -0.2) is 0 Å². The van der Waals surface area contributed by atoms with Crippen LogP contribution in [0.15, 0.2) is 40.5 Å². The molecule has 0 aliphatic heterocycles. The number of hydrogen-bond donors (Lipinski definition) is 0. The topological polar surface area (TPSA) is 61.0 Å². The van der Waals surface area contributed by atoms with Crippen molar-refractivity contribution in [1.29, 1.82) is 0 Å². The zero-order chi connectivity index (χ0) is 14.0. The lowest BCUT2D eigenvalue weighted by molar-refractivity contribution is -0.392. The molecule has 0 fully saturated rings. The van der Waals surface area contributed by atoms with Crippen molar-refractivity contribution in [3.05, 3.63) is 46.3 Å². The fraction of sp³-hybridized carbons (Fsp3) is 0.308. The molecular formula is C13H15N3O2S. The lowest BCUT2D eigenvalue weighted by Crippen LogP contribution is -1.93. The van der Waals surface area contributed by atoms with E-state index in [0.717, 1.165) is 4.90 Å². The summed E-state index contributed by atoms with van der Waals surface area (Å²) in [5.74, 6) is 0.380. The maximum atomic E-state index is 10.9. The molecule has 2 aromatic rings. The molecule has 0 saturated carbocycles. The minimum Gasteiger partial charge on any atom is -0.358 e. The Balaban J connectivity index is 2.26. The van der Waals surface area contributed by atoms with E-state index in [9.17, 15) is 10.1 Å². The van der Waals surface area contributed by atoms with Gasteiger partial charge in [-0.3, -0.25) is 0 Å². The second-order valence-electron chi connectivity index (χ2n) is 4.57. The molecule has 1 heterocycles. The summed E-state index contributed by atoms with van der Waals surface area (Å²) in [7, 11) is 1.75. The minimum atomic E-state index is -0.454. The van der Waals surface area contributed by atoms with Crippen molar-refractivity contribution >= 4 is 17.6 Å². The van der Waals surface area contributed by atoms with Crippen molar-refractivity contribution in [1.82, 2.24) is 9.55 Å². The molecule has 6 heteroatoms. The number of benzene rings is 1. The molecule has 5 nitrogen and oxygen atoms in total. The molecule has 1 aromatic heterocycles. The maximum absolute atomic E-state index is 10.9. The van der Waals surface area contributed by atoms with Crippen LogP contribution in [0.25, 0.3) is 0 Å². The van der Waals surface area contributed by atoms with E-state index in [1.54, 1.807) is 11.6 Å². The highest BCUT2D eigenvalue weighted by Crippen LogP contribution is 2.33. The predicted molar refractivity (Wildman–Crippen MR) is 74.5 cm³/mol. The number of nitro groups is 1. The number of nitrogens with zero attached hydrogens (tertiary/aromatic N) is 3. The molecular weight excluding hydrogens is 262 g/mol. The molecule has 0 atom stereocenters. The lowest BCUT2D eigenvalue weighted by Gasteiger charge is -2.06. The summed E-state index contributed by atoms with van der Waals surface area (Å²) in [6.45, 7) is 4.27. The summed E-state index contributed by atoms with van der Waals surface area (Å²) in [5, 5.41) is 11.4. The Kier molecular flexibility index (Phi) is 3.90. The highest BCUT2D eigenvalue weighted by atomic mass is 32.2. The Labute approximate surface area is 115 Å². The molecule has 0 aliphatic rings. The summed E-state index contributed by atoms with van der Waals surface area (Å²) in [6.07, 6.45) is 1.46. The van der Waals surface area contributed by atoms with Crippen LogP contribution in [-0.4, -0.2) is 14.5 Å². The second-order valence-corrected chi connectivity index (χ2v) is 5.63. The Morgan fingerprint density at radius 3 is 2.47 bits per heavy atom. The first-order chi connectivity index (χ1) is 8.99. The Hall–Kier alpha value is -1.82. The van der Waals surface area contributed by atoms with Crippen molar-refractivity contribution < 1.29 is 4.92 Å². The smallest absolute Gasteiger partial charge is 0.358 e. The van der Waals surface area contributed by atoms with Gasteiger partial charge in [0.15, 0.2) is 5.03 Å². The average Bonchev–Trinajstić information content (AvgIpc) is 2.72. The van der Waals surface area contributed by atoms with Crippen molar-refractivity contribution in [3.63, 3.8) is 0 Å². The summed E-state index contributed by atoms with van der Waals surface area (Å²) in [4.78, 5) is 15.2. The first-order valence-electron chi connectivity index (χ1n) is 5.92. The third kappa shape index (κ3) is 2.96. The number of aromatic nitrogens is 2. The Morgan fingerprint density at radius 2 is 1.95 bits per heavy atom. The average molecular weight is 277 g/mol. The molecule has 0 radical (unpaired) electrons. The van der Waals surface area contributed by atoms with Gasteiger partial charge in [0.25, 0.3) is 0 Å². The summed E-state index contributed by atoms with van der Waals surface area (Å²) in [5.41, 5.74) is 1.25. The summed E-state index contributed by atoms with van der Waals surface area (Å²) < 4.78 is 1.67. The zero-order valence-electron chi connectivity index (χ0n) is 11.0. The molecule has 1 aromatic carbocycles. The van der Waals surface area contributed by atoms with Crippen LogP contribution >= 0.6 is 11.8 Å². The molecule has 0 spiro atoms. The van der Waals surface area contributed by atoms with Crippen LogP contribution in [0.4, 0.5) is 5.82 Å². The molecule has 0 N–H and O–H groups in total. The summed E-state index contributed by atoms with van der Waals surface area (Å²) >= 11 is 1.36. The number of imidazole rings is 1. The van der Waals surface area contributed by atoms with Gasteiger partial charge in [0, 0.05) is 11.9 Å². The van der Waals surface area contributed by atoms with E-state index in [1.165, 1.54) is 23.7 Å². The van der Waals surface area contributed by atoms with E-state index in [1.807, 2.05) is 12.1 Å². The van der Waals surface area contributed by atoms with Gasteiger partial charge in [-0.2, -0.15) is 0 Å². The van der Waals surface area contributed by atoms with Crippen LogP contribution in [0.2, 0.25) is 0 Å². The van der Waals surface area contributed by atoms with Gasteiger partial charge in [0.05, 0.1) is 0 Å². The van der Waals surface area contributed by atoms with Crippen LogP contribution < -0.4 is 0 Å². The monoisotopic (exact) mass is 277 g/mol. The van der Waals surface area contributed by atoms with Gasteiger partial charge in [-0.15, -0.1) is 0 Å². The van der Waals surface area contributed by atoms with E-state index < -0.39 is 4.92 Å². The molecule has 0 bridgehead atoms. The Morgan fingerprint density at radius 1 is 1.32 bits per heavy atom. The van der Waals surface area contributed by atoms with Gasteiger partial charge in [0.1, 0.15) is 0 Å². The number of hydrogen-bond acceptors (Lipinski definition) is 4. The zero-order valence-corrected chi connectivity index (χ0v) is 11.8. The molecule has 0 amide bonds. The maximum Gasteiger partial charge on any atom is 0.396 e. The van der Waals surface area contributed by atoms with Crippen molar-refractivity contribution in [2.75, 3.05) is 0 Å². The van der Waals surface area contributed by atoms with Gasteiger partial charge in [-0.05, 0) is 33.5 Å². The van der Waals surface area contributed by atoms with Crippen LogP contribution in [-0.2, 0) is 7.05 Å². The van der Waals surface area contributed by atoms with Crippen molar-refractivity contribution in [2.24, 2.45) is 7.05 Å². The molecule has 100 valence electrons.